The molecule has 3 aromatic rings. The van der Waals surface area contributed by atoms with Crippen LogP contribution in [0.5, 0.6) is 5.75 Å². The van der Waals surface area contributed by atoms with Gasteiger partial charge in [-0.05, 0) is 50.1 Å². The summed E-state index contributed by atoms with van der Waals surface area (Å²) in [7, 11) is 0. The topological polar surface area (TPSA) is 93.3 Å². The predicted molar refractivity (Wildman–Crippen MR) is 107 cm³/mol. The Balaban J connectivity index is 1.91. The number of hydrogen-bond acceptors (Lipinski definition) is 5. The van der Waals surface area contributed by atoms with Crippen LogP contribution in [-0.4, -0.2) is 21.2 Å². The number of nitrogens with two attached hydrogens (primary N) is 2. The number of benzene rings is 2. The molecule has 0 unspecified atom stereocenters. The van der Waals surface area contributed by atoms with Crippen LogP contribution in [0.3, 0.4) is 0 Å². The summed E-state index contributed by atoms with van der Waals surface area (Å²) >= 11 is 0. The number of aromatic nitrogens is 2. The summed E-state index contributed by atoms with van der Waals surface area (Å²) in [4.78, 5) is 6.23. The van der Waals surface area contributed by atoms with Gasteiger partial charge in [0.05, 0.1) is 6.33 Å². The summed E-state index contributed by atoms with van der Waals surface area (Å²) < 4.78 is 2.05. The molecule has 0 bridgehead atoms. The number of nitrogens with zero attached hydrogens (tertiary/aromatic N) is 3. The Morgan fingerprint density at radius 1 is 1.08 bits per heavy atom. The average molecular weight is 351 g/mol. The third-order valence-corrected chi connectivity index (χ3v) is 4.64. The van der Waals surface area contributed by atoms with Gasteiger partial charge in [-0.15, -0.1) is 0 Å². The summed E-state index contributed by atoms with van der Waals surface area (Å²) in [5.74, 6) is 0.201. The van der Waals surface area contributed by atoms with Crippen molar-refractivity contribution in [1.29, 1.82) is 0 Å². The van der Waals surface area contributed by atoms with E-state index in [0.29, 0.717) is 11.3 Å². The Bertz CT molecular complexity index is 866. The first-order valence-corrected chi connectivity index (χ1v) is 8.64. The lowest BCUT2D eigenvalue weighted by atomic mass is 10.1. The summed E-state index contributed by atoms with van der Waals surface area (Å²) in [5, 5.41) is 10.2. The van der Waals surface area contributed by atoms with Crippen LogP contribution < -0.4 is 16.4 Å². The molecule has 0 aliphatic rings. The van der Waals surface area contributed by atoms with Gasteiger partial charge in [-0.2, -0.15) is 0 Å². The van der Waals surface area contributed by atoms with Crippen molar-refractivity contribution in [2.45, 2.75) is 26.8 Å². The molecular formula is C20H25N5O. The highest BCUT2D eigenvalue weighted by Gasteiger charge is 2.14. The third-order valence-electron chi connectivity index (χ3n) is 4.64. The number of nitrogen functional groups attached to an aromatic ring is 2. The highest BCUT2D eigenvalue weighted by molar-refractivity contribution is 5.72. The molecule has 1 heterocycles. The van der Waals surface area contributed by atoms with Crippen LogP contribution in [0.15, 0.2) is 49.1 Å². The highest BCUT2D eigenvalue weighted by Crippen LogP contribution is 2.34. The molecule has 5 N–H and O–H groups in total. The minimum atomic E-state index is 0.201. The van der Waals surface area contributed by atoms with Crippen molar-refractivity contribution in [3.05, 3.63) is 60.2 Å². The number of aryl methyl sites for hydroxylation is 2. The molecule has 2 aromatic carbocycles. The second kappa shape index (κ2) is 7.39. The van der Waals surface area contributed by atoms with Gasteiger partial charge in [-0.3, -0.25) is 0 Å². The molecule has 1 aromatic heterocycles. The zero-order chi connectivity index (χ0) is 18.7. The fraction of sp³-hybridized carbons (Fsp3) is 0.250. The van der Waals surface area contributed by atoms with Gasteiger partial charge in [-0.1, -0.05) is 0 Å². The van der Waals surface area contributed by atoms with Crippen LogP contribution in [-0.2, 0) is 6.54 Å². The first kappa shape index (κ1) is 17.7. The predicted octanol–water partition coefficient (Wildman–Crippen LogP) is 3.60. The molecule has 0 aliphatic heterocycles. The first-order chi connectivity index (χ1) is 12.5. The van der Waals surface area contributed by atoms with E-state index in [4.69, 9.17) is 11.5 Å². The molecule has 0 radical (unpaired) electrons. The standard InChI is InChI=1S/C20H25N5O/c1-14-10-16(4-5-18(14)21)25(8-3-7-24-9-6-23-13-24)17-11-19(22)15(2)20(26)12-17/h4-6,9-13,26H,3,7-8,21-22H2,1-2H3. The van der Waals surface area contributed by atoms with E-state index in [1.165, 1.54) is 0 Å². The number of imidazole rings is 1. The number of hydrogen-bond donors (Lipinski definition) is 3. The maximum atomic E-state index is 10.2. The first-order valence-electron chi connectivity index (χ1n) is 8.64. The normalized spacial score (nSPS) is 10.8. The molecule has 0 atom stereocenters. The minimum Gasteiger partial charge on any atom is -0.508 e. The Labute approximate surface area is 153 Å². The van der Waals surface area contributed by atoms with E-state index in [1.54, 1.807) is 12.3 Å². The van der Waals surface area contributed by atoms with Crippen molar-refractivity contribution in [1.82, 2.24) is 9.55 Å². The third kappa shape index (κ3) is 3.74. The number of rotatable bonds is 6. The van der Waals surface area contributed by atoms with E-state index in [2.05, 4.69) is 16.0 Å². The van der Waals surface area contributed by atoms with Crippen LogP contribution in [0.1, 0.15) is 17.5 Å². The zero-order valence-electron chi connectivity index (χ0n) is 15.2. The number of phenolic OH excluding ortho intramolecular Hbond substituents is 1. The summed E-state index contributed by atoms with van der Waals surface area (Å²) in [6, 6.07) is 9.61. The van der Waals surface area contributed by atoms with Crippen molar-refractivity contribution in [2.75, 3.05) is 22.9 Å². The maximum absolute atomic E-state index is 10.2. The fourth-order valence-electron chi connectivity index (χ4n) is 2.93. The second-order valence-electron chi connectivity index (χ2n) is 6.53. The summed E-state index contributed by atoms with van der Waals surface area (Å²) in [6.07, 6.45) is 6.45. The Hall–Kier alpha value is -3.15. The van der Waals surface area contributed by atoms with E-state index in [-0.39, 0.29) is 5.75 Å². The monoisotopic (exact) mass is 351 g/mol. The van der Waals surface area contributed by atoms with Crippen molar-refractivity contribution in [2.24, 2.45) is 0 Å². The highest BCUT2D eigenvalue weighted by atomic mass is 16.3. The molecule has 0 amide bonds. The lowest BCUT2D eigenvalue weighted by Gasteiger charge is -2.27. The van der Waals surface area contributed by atoms with Gasteiger partial charge in [0.1, 0.15) is 5.75 Å². The summed E-state index contributed by atoms with van der Waals surface area (Å²) in [5.41, 5.74) is 17.0. The number of anilines is 4. The molecule has 6 heteroatoms. The van der Waals surface area contributed by atoms with E-state index in [9.17, 15) is 5.11 Å². The Morgan fingerprint density at radius 2 is 1.88 bits per heavy atom. The molecule has 0 fully saturated rings. The Morgan fingerprint density at radius 3 is 2.54 bits per heavy atom. The number of phenols is 1. The fourth-order valence-corrected chi connectivity index (χ4v) is 2.93. The largest absolute Gasteiger partial charge is 0.508 e. The van der Waals surface area contributed by atoms with Crippen LogP contribution in [0.25, 0.3) is 0 Å². The van der Waals surface area contributed by atoms with Gasteiger partial charge in [0, 0.05) is 59.9 Å². The van der Waals surface area contributed by atoms with Crippen LogP contribution in [0.2, 0.25) is 0 Å². The van der Waals surface area contributed by atoms with E-state index >= 15 is 0 Å². The molecule has 0 saturated heterocycles. The van der Waals surface area contributed by atoms with Crippen LogP contribution in [0, 0.1) is 13.8 Å². The van der Waals surface area contributed by atoms with Crippen LogP contribution >= 0.6 is 0 Å². The molecule has 0 aliphatic carbocycles. The van der Waals surface area contributed by atoms with Crippen molar-refractivity contribution < 1.29 is 5.11 Å². The molecule has 0 saturated carbocycles. The molecule has 136 valence electrons. The second-order valence-corrected chi connectivity index (χ2v) is 6.53. The van der Waals surface area contributed by atoms with Gasteiger partial charge in [0.25, 0.3) is 0 Å². The van der Waals surface area contributed by atoms with Crippen LogP contribution in [0.4, 0.5) is 22.7 Å². The lowest BCUT2D eigenvalue weighted by Crippen LogP contribution is -2.20. The smallest absolute Gasteiger partial charge is 0.122 e. The number of aromatic hydroxyl groups is 1. The SMILES string of the molecule is Cc1cc(N(CCCn2ccnc2)c2cc(N)c(C)c(O)c2)ccc1N. The zero-order valence-corrected chi connectivity index (χ0v) is 15.2. The summed E-state index contributed by atoms with van der Waals surface area (Å²) in [6.45, 7) is 5.43. The van der Waals surface area contributed by atoms with Gasteiger partial charge in [-0.25, -0.2) is 4.98 Å². The van der Waals surface area contributed by atoms with Crippen molar-refractivity contribution in [3.8, 4) is 5.75 Å². The van der Waals surface area contributed by atoms with Gasteiger partial charge >= 0.3 is 0 Å². The molecule has 6 nitrogen and oxygen atoms in total. The molecular weight excluding hydrogens is 326 g/mol. The van der Waals surface area contributed by atoms with Gasteiger partial charge < -0.3 is 26.0 Å². The Kier molecular flexibility index (Phi) is 5.02. The van der Waals surface area contributed by atoms with Gasteiger partial charge in [0.2, 0.25) is 0 Å². The van der Waals surface area contributed by atoms with E-state index in [1.807, 2.05) is 49.1 Å². The maximum Gasteiger partial charge on any atom is 0.122 e. The quantitative estimate of drug-likeness (QED) is 0.590. The molecule has 3 rings (SSSR count). The van der Waals surface area contributed by atoms with Crippen molar-refractivity contribution >= 4 is 22.7 Å². The minimum absolute atomic E-state index is 0.201. The van der Waals surface area contributed by atoms with E-state index in [0.717, 1.165) is 42.1 Å². The molecule has 26 heavy (non-hydrogen) atoms. The van der Waals surface area contributed by atoms with E-state index < -0.39 is 0 Å². The lowest BCUT2D eigenvalue weighted by molar-refractivity contribution is 0.471. The van der Waals surface area contributed by atoms with Gasteiger partial charge in [0.15, 0.2) is 0 Å². The van der Waals surface area contributed by atoms with Crippen molar-refractivity contribution in [3.63, 3.8) is 0 Å². The molecule has 0 spiro atoms. The average Bonchev–Trinajstić information content (AvgIpc) is 3.12.